The fraction of sp³-hybridized carbons (Fsp3) is 0.556. The molecule has 21 heavy (non-hydrogen) atoms. The Hall–Kier alpha value is -0.903. The maximum absolute atomic E-state index is 9.12. The minimum absolute atomic E-state index is 0.105. The zero-order valence-electron chi connectivity index (χ0n) is 14.3. The van der Waals surface area contributed by atoms with Crippen LogP contribution in [0.15, 0.2) is 30.3 Å². The van der Waals surface area contributed by atoms with E-state index in [0.717, 1.165) is 5.56 Å². The van der Waals surface area contributed by atoms with Crippen LogP contribution in [0.25, 0.3) is 6.08 Å². The van der Waals surface area contributed by atoms with Gasteiger partial charge in [0.15, 0.2) is 8.32 Å². The van der Waals surface area contributed by atoms with Gasteiger partial charge in [-0.1, -0.05) is 57.2 Å². The summed E-state index contributed by atoms with van der Waals surface area (Å²) in [4.78, 5) is 0. The monoisotopic (exact) mass is 306 g/mol. The van der Waals surface area contributed by atoms with Gasteiger partial charge in [0.2, 0.25) is 0 Å². The Kier molecular flexibility index (Phi) is 6.38. The van der Waals surface area contributed by atoms with E-state index < -0.39 is 8.32 Å². The molecule has 0 saturated carbocycles. The Labute approximate surface area is 131 Å². The van der Waals surface area contributed by atoms with Crippen LogP contribution in [0.2, 0.25) is 18.1 Å². The molecule has 118 valence electrons. The summed E-state index contributed by atoms with van der Waals surface area (Å²) in [6.07, 6.45) is 5.03. The van der Waals surface area contributed by atoms with Crippen LogP contribution in [0.5, 0.6) is 0 Å². The highest BCUT2D eigenvalue weighted by Gasteiger charge is 2.37. The summed E-state index contributed by atoms with van der Waals surface area (Å²) >= 11 is 0. The normalized spacial score (nSPS) is 14.6. The predicted molar refractivity (Wildman–Crippen MR) is 94.0 cm³/mol. The van der Waals surface area contributed by atoms with Crippen molar-refractivity contribution in [3.8, 4) is 0 Å². The third-order valence-corrected chi connectivity index (χ3v) is 8.84. The number of aliphatic hydroxyl groups is 1. The van der Waals surface area contributed by atoms with E-state index >= 15 is 0 Å². The molecular formula is C18H30O2Si. The Balaban J connectivity index is 2.77. The molecule has 0 bridgehead atoms. The molecule has 1 rings (SSSR count). The van der Waals surface area contributed by atoms with Crippen LogP contribution in [0.3, 0.4) is 0 Å². The second-order valence-electron chi connectivity index (χ2n) is 7.11. The average molecular weight is 307 g/mol. The van der Waals surface area contributed by atoms with Crippen LogP contribution < -0.4 is 0 Å². The fourth-order valence-electron chi connectivity index (χ4n) is 1.96. The molecule has 0 aliphatic rings. The fourth-order valence-corrected chi connectivity index (χ4v) is 3.33. The van der Waals surface area contributed by atoms with Crippen LogP contribution in [0, 0.1) is 0 Å². The van der Waals surface area contributed by atoms with Crippen molar-refractivity contribution in [2.75, 3.05) is 6.61 Å². The van der Waals surface area contributed by atoms with Gasteiger partial charge in [0.05, 0.1) is 6.10 Å². The molecule has 3 heteroatoms. The Morgan fingerprint density at radius 3 is 2.43 bits per heavy atom. The zero-order chi connectivity index (χ0) is 16.1. The van der Waals surface area contributed by atoms with E-state index in [0.29, 0.717) is 6.42 Å². The molecule has 1 aromatic rings. The largest absolute Gasteiger partial charge is 0.411 e. The smallest absolute Gasteiger partial charge is 0.192 e. The summed E-state index contributed by atoms with van der Waals surface area (Å²) in [7, 11) is -1.73. The van der Waals surface area contributed by atoms with E-state index in [2.05, 4.69) is 65.1 Å². The summed E-state index contributed by atoms with van der Waals surface area (Å²) in [5, 5.41) is 9.35. The first-order chi connectivity index (χ1) is 9.67. The first kappa shape index (κ1) is 18.1. The lowest BCUT2D eigenvalue weighted by Crippen LogP contribution is -2.42. The summed E-state index contributed by atoms with van der Waals surface area (Å²) in [5.41, 5.74) is 2.34. The maximum Gasteiger partial charge on any atom is 0.192 e. The molecule has 0 heterocycles. The highest BCUT2D eigenvalue weighted by Crippen LogP contribution is 2.37. The van der Waals surface area contributed by atoms with Crippen molar-refractivity contribution in [1.82, 2.24) is 0 Å². The van der Waals surface area contributed by atoms with Gasteiger partial charge < -0.3 is 9.53 Å². The van der Waals surface area contributed by atoms with Gasteiger partial charge in [0, 0.05) is 6.61 Å². The molecule has 1 N–H and O–H groups in total. The van der Waals surface area contributed by atoms with Crippen molar-refractivity contribution in [2.45, 2.75) is 58.4 Å². The zero-order valence-corrected chi connectivity index (χ0v) is 15.3. The summed E-state index contributed by atoms with van der Waals surface area (Å²) in [6, 6.07) is 8.19. The van der Waals surface area contributed by atoms with Crippen LogP contribution in [-0.2, 0) is 10.8 Å². The molecule has 1 unspecified atom stereocenters. The number of hydrogen-bond donors (Lipinski definition) is 1. The quantitative estimate of drug-likeness (QED) is 0.776. The van der Waals surface area contributed by atoms with Gasteiger partial charge in [-0.05, 0) is 42.6 Å². The topological polar surface area (TPSA) is 29.5 Å². The van der Waals surface area contributed by atoms with Crippen LogP contribution >= 0.6 is 0 Å². The van der Waals surface area contributed by atoms with Gasteiger partial charge in [-0.3, -0.25) is 0 Å². The molecule has 0 aliphatic carbocycles. The third kappa shape index (κ3) is 5.42. The molecule has 0 saturated heterocycles. The minimum Gasteiger partial charge on any atom is -0.411 e. The first-order valence-electron chi connectivity index (χ1n) is 7.72. The van der Waals surface area contributed by atoms with E-state index in [1.54, 1.807) is 0 Å². The summed E-state index contributed by atoms with van der Waals surface area (Å²) in [6.45, 7) is 13.6. The number of aliphatic hydroxyl groups excluding tert-OH is 1. The Bertz CT molecular complexity index is 472. The third-order valence-electron chi connectivity index (χ3n) is 4.27. The summed E-state index contributed by atoms with van der Waals surface area (Å²) in [5.74, 6) is 0. The molecule has 1 aromatic carbocycles. The molecule has 1 atom stereocenters. The van der Waals surface area contributed by atoms with Crippen molar-refractivity contribution >= 4 is 14.4 Å². The van der Waals surface area contributed by atoms with Crippen molar-refractivity contribution in [3.05, 3.63) is 41.5 Å². The second kappa shape index (κ2) is 7.39. The molecule has 0 aliphatic heterocycles. The van der Waals surface area contributed by atoms with Gasteiger partial charge in [-0.2, -0.15) is 0 Å². The van der Waals surface area contributed by atoms with Crippen LogP contribution in [0.4, 0.5) is 0 Å². The molecule has 0 fully saturated rings. The van der Waals surface area contributed by atoms with Gasteiger partial charge in [-0.25, -0.2) is 0 Å². The van der Waals surface area contributed by atoms with Gasteiger partial charge in [0.1, 0.15) is 0 Å². The Morgan fingerprint density at radius 1 is 1.24 bits per heavy atom. The molecule has 2 nitrogen and oxygen atoms in total. The van der Waals surface area contributed by atoms with Crippen molar-refractivity contribution in [1.29, 1.82) is 0 Å². The van der Waals surface area contributed by atoms with Crippen molar-refractivity contribution in [2.24, 2.45) is 0 Å². The highest BCUT2D eigenvalue weighted by atomic mass is 28.4. The SMILES string of the molecule is CC(/C=C/c1ccccc1CCO)O[Si](C)(C)C(C)(C)C. The second-order valence-corrected chi connectivity index (χ2v) is 11.9. The molecular weight excluding hydrogens is 276 g/mol. The molecule has 0 spiro atoms. The lowest BCUT2D eigenvalue weighted by atomic mass is 10.0. The number of benzene rings is 1. The van der Waals surface area contributed by atoms with Crippen LogP contribution in [-0.4, -0.2) is 26.1 Å². The summed E-state index contributed by atoms with van der Waals surface area (Å²) < 4.78 is 6.33. The van der Waals surface area contributed by atoms with Crippen molar-refractivity contribution < 1.29 is 9.53 Å². The lowest BCUT2D eigenvalue weighted by Gasteiger charge is -2.37. The standard InChI is InChI=1S/C18H30O2Si/c1-15(20-21(5,6)18(2,3)4)11-12-16-9-7-8-10-17(16)13-14-19/h7-12,15,19H,13-14H2,1-6H3/b12-11+. The number of rotatable bonds is 6. The van der Waals surface area contributed by atoms with E-state index in [1.807, 2.05) is 12.1 Å². The highest BCUT2D eigenvalue weighted by molar-refractivity contribution is 6.74. The number of hydrogen-bond acceptors (Lipinski definition) is 2. The van der Waals surface area contributed by atoms with Gasteiger partial charge >= 0.3 is 0 Å². The van der Waals surface area contributed by atoms with Crippen LogP contribution in [0.1, 0.15) is 38.8 Å². The van der Waals surface area contributed by atoms with Crippen molar-refractivity contribution in [3.63, 3.8) is 0 Å². The van der Waals surface area contributed by atoms with E-state index in [4.69, 9.17) is 9.53 Å². The van der Waals surface area contributed by atoms with Gasteiger partial charge in [0.25, 0.3) is 0 Å². The van der Waals surface area contributed by atoms with E-state index in [1.165, 1.54) is 5.56 Å². The van der Waals surface area contributed by atoms with E-state index in [9.17, 15) is 0 Å². The molecule has 0 amide bonds. The van der Waals surface area contributed by atoms with E-state index in [-0.39, 0.29) is 17.7 Å². The first-order valence-corrected chi connectivity index (χ1v) is 10.6. The lowest BCUT2D eigenvalue weighted by molar-refractivity contribution is 0.244. The predicted octanol–water partition coefficient (Wildman–Crippen LogP) is 4.64. The average Bonchev–Trinajstić information content (AvgIpc) is 2.36. The minimum atomic E-state index is -1.73. The molecule has 0 radical (unpaired) electrons. The van der Waals surface area contributed by atoms with Gasteiger partial charge in [-0.15, -0.1) is 0 Å². The Morgan fingerprint density at radius 2 is 1.86 bits per heavy atom. The molecule has 0 aromatic heterocycles. The maximum atomic E-state index is 9.12.